The van der Waals surface area contributed by atoms with Crippen LogP contribution in [-0.2, 0) is 21.3 Å². The van der Waals surface area contributed by atoms with Gasteiger partial charge in [-0.3, -0.25) is 0 Å². The largest absolute Gasteiger partial charge is 1.00 e. The van der Waals surface area contributed by atoms with Crippen LogP contribution in [0.25, 0.3) is 6.08 Å². The second-order valence-corrected chi connectivity index (χ2v) is 16.3. The van der Waals surface area contributed by atoms with E-state index in [1.807, 2.05) is 0 Å². The SMILES string of the molecule is CC(C)C1=CC[C]([Zr+2](=[C](c2ccccc2)c2ccccc2)[CH]2C=Cc3ccccc32)=C1C(C)C.[Cl-].[Cl-]. The van der Waals surface area contributed by atoms with Gasteiger partial charge in [-0.1, -0.05) is 0 Å². The summed E-state index contributed by atoms with van der Waals surface area (Å²) in [5, 5.41) is 0. The zero-order valence-corrected chi connectivity index (χ0v) is 25.5. The summed E-state index contributed by atoms with van der Waals surface area (Å²) in [4.78, 5) is 0. The Morgan fingerprint density at radius 2 is 1.28 bits per heavy atom. The summed E-state index contributed by atoms with van der Waals surface area (Å²) >= 11 is -2.50. The van der Waals surface area contributed by atoms with Gasteiger partial charge >= 0.3 is 214 Å². The first-order valence-electron chi connectivity index (χ1n) is 12.6. The van der Waals surface area contributed by atoms with Gasteiger partial charge in [0.1, 0.15) is 0 Å². The maximum absolute atomic E-state index is 2.56. The monoisotopic (exact) mass is 590 g/mol. The predicted octanol–water partition coefficient (Wildman–Crippen LogP) is 2.55. The molecule has 36 heavy (non-hydrogen) atoms. The molecule has 0 N–H and O–H groups in total. The van der Waals surface area contributed by atoms with Crippen molar-refractivity contribution >= 4 is 9.28 Å². The number of allylic oxidation sites excluding steroid dienone is 5. The van der Waals surface area contributed by atoms with Crippen molar-refractivity contribution in [2.75, 3.05) is 0 Å². The van der Waals surface area contributed by atoms with Gasteiger partial charge in [-0.05, 0) is 0 Å². The maximum Gasteiger partial charge on any atom is -1.00 e. The summed E-state index contributed by atoms with van der Waals surface area (Å²) in [5.74, 6) is 1.12. The van der Waals surface area contributed by atoms with Crippen LogP contribution in [0.3, 0.4) is 0 Å². The van der Waals surface area contributed by atoms with Crippen LogP contribution in [0.1, 0.15) is 60.0 Å². The topological polar surface area (TPSA) is 0 Å². The van der Waals surface area contributed by atoms with Gasteiger partial charge in [-0.2, -0.15) is 0 Å². The van der Waals surface area contributed by atoms with Crippen molar-refractivity contribution in [3.05, 3.63) is 134 Å². The first kappa shape index (κ1) is 28.8. The van der Waals surface area contributed by atoms with Crippen molar-refractivity contribution in [2.45, 2.75) is 37.7 Å². The Kier molecular flexibility index (Phi) is 10.1. The molecule has 3 heteroatoms. The molecule has 3 aromatic carbocycles. The van der Waals surface area contributed by atoms with E-state index in [0.717, 1.165) is 6.42 Å². The van der Waals surface area contributed by atoms with Crippen molar-refractivity contribution in [2.24, 2.45) is 11.8 Å². The van der Waals surface area contributed by atoms with Gasteiger partial charge in [0.25, 0.3) is 0 Å². The molecule has 1 atom stereocenters. The van der Waals surface area contributed by atoms with E-state index in [0.29, 0.717) is 15.5 Å². The van der Waals surface area contributed by atoms with E-state index in [1.54, 1.807) is 17.6 Å². The molecule has 0 fully saturated rings. The Morgan fingerprint density at radius 1 is 0.722 bits per heavy atom. The number of halogens is 2. The Bertz CT molecular complexity index is 1270. The van der Waals surface area contributed by atoms with E-state index in [1.165, 1.54) is 22.3 Å². The Balaban J connectivity index is 0.00000180. The van der Waals surface area contributed by atoms with Crippen LogP contribution in [-0.4, -0.2) is 3.21 Å². The second kappa shape index (κ2) is 12.6. The molecule has 2 aliphatic carbocycles. The van der Waals surface area contributed by atoms with E-state index >= 15 is 0 Å². The first-order valence-corrected chi connectivity index (χ1v) is 16.5. The maximum atomic E-state index is 2.56. The van der Waals surface area contributed by atoms with Crippen LogP contribution >= 0.6 is 0 Å². The zero-order valence-electron chi connectivity index (χ0n) is 21.5. The number of fused-ring (bicyclic) bond motifs is 1. The van der Waals surface area contributed by atoms with Crippen LogP contribution in [0.15, 0.2) is 112 Å². The van der Waals surface area contributed by atoms with Crippen molar-refractivity contribution in [1.29, 1.82) is 0 Å². The quantitative estimate of drug-likeness (QED) is 0.413. The molecule has 0 aliphatic heterocycles. The molecule has 0 saturated heterocycles. The number of benzene rings is 3. The first-order chi connectivity index (χ1) is 16.6. The molecule has 0 amide bonds. The molecule has 1 unspecified atom stereocenters. The molecule has 0 saturated carbocycles. The molecule has 0 heterocycles. The van der Waals surface area contributed by atoms with Gasteiger partial charge in [0.15, 0.2) is 0 Å². The van der Waals surface area contributed by atoms with Crippen LogP contribution < -0.4 is 24.8 Å². The number of rotatable bonds is 6. The second-order valence-electron chi connectivity index (χ2n) is 10.1. The van der Waals surface area contributed by atoms with Crippen molar-refractivity contribution < 1.29 is 46.1 Å². The third-order valence-corrected chi connectivity index (χ3v) is 15.5. The standard InChI is InChI=1S/C13H10.C11H17.C9H7.2ClH.Zr/c1-3-7-12(8-4-1)11-13-9-5-2-6-10-13;1-8(2)10-6-5-7-11(10)9(3)4;1-2-5-9-7-3-6-8(9)4-1;;;/h1-10H;6,8-9H,5H2,1-4H3;1-7H;2*1H;/q;;;;;+2/p-2. The minimum Gasteiger partial charge on any atom is -1.00 e. The molecule has 0 nitrogen and oxygen atoms in total. The molecule has 0 aromatic heterocycles. The van der Waals surface area contributed by atoms with E-state index in [9.17, 15) is 0 Å². The normalized spacial score (nSPS) is 15.7. The fraction of sp³-hybridized carbons (Fsp3) is 0.242. The summed E-state index contributed by atoms with van der Waals surface area (Å²) in [6.07, 6.45) is 8.62. The fourth-order valence-electron chi connectivity index (χ4n) is 5.77. The van der Waals surface area contributed by atoms with Gasteiger partial charge < -0.3 is 24.8 Å². The van der Waals surface area contributed by atoms with E-state index < -0.39 is 21.3 Å². The molecule has 2 aliphatic rings. The minimum atomic E-state index is -2.50. The van der Waals surface area contributed by atoms with Gasteiger partial charge in [0, 0.05) is 0 Å². The molecule has 184 valence electrons. The van der Waals surface area contributed by atoms with Crippen molar-refractivity contribution in [3.63, 3.8) is 0 Å². The van der Waals surface area contributed by atoms with Gasteiger partial charge in [-0.25, -0.2) is 0 Å². The Labute approximate surface area is 237 Å². The zero-order chi connectivity index (χ0) is 23.7. The number of hydrogen-bond donors (Lipinski definition) is 0. The fourth-order valence-corrected chi connectivity index (χ4v) is 15.2. The minimum absolute atomic E-state index is 0. The van der Waals surface area contributed by atoms with Gasteiger partial charge in [0.05, 0.1) is 0 Å². The molecule has 0 radical (unpaired) electrons. The van der Waals surface area contributed by atoms with Crippen LogP contribution in [0.4, 0.5) is 0 Å². The van der Waals surface area contributed by atoms with Crippen molar-refractivity contribution in [3.8, 4) is 0 Å². The average molecular weight is 593 g/mol. The van der Waals surface area contributed by atoms with Crippen LogP contribution in [0.2, 0.25) is 0 Å². The summed E-state index contributed by atoms with van der Waals surface area (Å²) in [6.45, 7) is 9.54. The van der Waals surface area contributed by atoms with E-state index in [-0.39, 0.29) is 24.8 Å². The van der Waals surface area contributed by atoms with Crippen LogP contribution in [0, 0.1) is 11.8 Å². The Hall–Kier alpha value is -1.79. The number of hydrogen-bond acceptors (Lipinski definition) is 0. The molecule has 3 aromatic rings. The molecule has 0 bridgehead atoms. The predicted molar refractivity (Wildman–Crippen MR) is 144 cm³/mol. The van der Waals surface area contributed by atoms with Gasteiger partial charge in [0.2, 0.25) is 0 Å². The summed E-state index contributed by atoms with van der Waals surface area (Å²) in [6, 6.07) is 31.6. The molecular weight excluding hydrogens is 558 g/mol. The Morgan fingerprint density at radius 3 is 1.83 bits per heavy atom. The third-order valence-electron chi connectivity index (χ3n) is 7.19. The molecule has 0 spiro atoms. The van der Waals surface area contributed by atoms with E-state index in [2.05, 4.69) is 131 Å². The van der Waals surface area contributed by atoms with Crippen molar-refractivity contribution in [1.82, 2.24) is 0 Å². The molecule has 5 rings (SSSR count). The summed E-state index contributed by atoms with van der Waals surface area (Å²) < 4.78 is 3.97. The third kappa shape index (κ3) is 5.55. The molecular formula is C33H34Cl2Zr. The van der Waals surface area contributed by atoms with Crippen LogP contribution in [0.5, 0.6) is 0 Å². The summed E-state index contributed by atoms with van der Waals surface area (Å²) in [7, 11) is 0. The average Bonchev–Trinajstić information content (AvgIpc) is 3.49. The smallest absolute Gasteiger partial charge is 1.00 e. The van der Waals surface area contributed by atoms with Gasteiger partial charge in [-0.15, -0.1) is 0 Å². The van der Waals surface area contributed by atoms with E-state index in [4.69, 9.17) is 0 Å². The summed E-state index contributed by atoms with van der Waals surface area (Å²) in [5.41, 5.74) is 9.04.